The number of nitrogens with one attached hydrogen (secondary N) is 2. The van der Waals surface area contributed by atoms with Gasteiger partial charge in [0.05, 0.1) is 18.9 Å². The smallest absolute Gasteiger partial charge is 0.311 e. The van der Waals surface area contributed by atoms with Crippen LogP contribution >= 0.6 is 0 Å². The van der Waals surface area contributed by atoms with Gasteiger partial charge in [-0.15, -0.1) is 0 Å². The van der Waals surface area contributed by atoms with Crippen LogP contribution in [0.1, 0.15) is 25.7 Å². The minimum Gasteiger partial charge on any atom is -0.489 e. The Labute approximate surface area is 110 Å². The molecule has 7 heteroatoms. The highest BCUT2D eigenvalue weighted by Gasteiger charge is 2.41. The van der Waals surface area contributed by atoms with E-state index in [9.17, 15) is 14.7 Å². The summed E-state index contributed by atoms with van der Waals surface area (Å²) < 4.78 is 4.97. The first-order valence-corrected chi connectivity index (χ1v) is 6.18. The zero-order valence-electron chi connectivity index (χ0n) is 10.7. The molecule has 0 unspecified atom stereocenters. The number of methoxy groups -OCH3 is 1. The Balaban J connectivity index is 2.16. The molecule has 0 aromatic carbocycles. The molecule has 2 rings (SSSR count). The summed E-state index contributed by atoms with van der Waals surface area (Å²) in [6.45, 7) is 0.245. The number of aliphatic carboxylic acids is 1. The van der Waals surface area contributed by atoms with Gasteiger partial charge in [-0.1, -0.05) is 12.8 Å². The maximum absolute atomic E-state index is 11.5. The standard InChI is InChI=1S/C12H17N3O4/c1-19-8-9(14-7-15-10(8)16)13-6-12(11(17)18)4-2-3-5-12/h7H,2-6H2,1H3,(H,17,18)(H2,13,14,15,16). The number of hydrogen-bond acceptors (Lipinski definition) is 5. The summed E-state index contributed by atoms with van der Waals surface area (Å²) >= 11 is 0. The topological polar surface area (TPSA) is 104 Å². The Hall–Kier alpha value is -2.05. The molecule has 0 aliphatic heterocycles. The molecule has 1 aliphatic carbocycles. The van der Waals surface area contributed by atoms with E-state index < -0.39 is 16.9 Å². The van der Waals surface area contributed by atoms with Gasteiger partial charge in [0.1, 0.15) is 0 Å². The number of ether oxygens (including phenoxy) is 1. The molecular formula is C12H17N3O4. The third-order valence-corrected chi connectivity index (χ3v) is 3.62. The molecule has 0 spiro atoms. The largest absolute Gasteiger partial charge is 0.489 e. The van der Waals surface area contributed by atoms with Crippen LogP contribution in [0.3, 0.4) is 0 Å². The van der Waals surface area contributed by atoms with Gasteiger partial charge in [0.25, 0.3) is 5.56 Å². The number of carboxylic acid groups (broad SMARTS) is 1. The maximum Gasteiger partial charge on any atom is 0.311 e. The van der Waals surface area contributed by atoms with Crippen molar-refractivity contribution in [1.29, 1.82) is 0 Å². The lowest BCUT2D eigenvalue weighted by Gasteiger charge is -2.24. The van der Waals surface area contributed by atoms with Gasteiger partial charge in [0.15, 0.2) is 5.82 Å². The number of carboxylic acids is 1. The van der Waals surface area contributed by atoms with Crippen LogP contribution in [0.15, 0.2) is 11.1 Å². The van der Waals surface area contributed by atoms with E-state index in [4.69, 9.17) is 4.74 Å². The van der Waals surface area contributed by atoms with Crippen molar-refractivity contribution in [2.75, 3.05) is 19.0 Å². The van der Waals surface area contributed by atoms with Gasteiger partial charge in [0, 0.05) is 6.54 Å². The number of nitrogens with zero attached hydrogens (tertiary/aromatic N) is 1. The average Bonchev–Trinajstić information content (AvgIpc) is 2.86. The van der Waals surface area contributed by atoms with Crippen molar-refractivity contribution in [3.05, 3.63) is 16.7 Å². The number of rotatable bonds is 5. The Morgan fingerprint density at radius 1 is 1.58 bits per heavy atom. The van der Waals surface area contributed by atoms with Gasteiger partial charge < -0.3 is 20.1 Å². The van der Waals surface area contributed by atoms with Crippen LogP contribution in [0.4, 0.5) is 5.82 Å². The van der Waals surface area contributed by atoms with Crippen molar-refractivity contribution in [3.8, 4) is 5.75 Å². The van der Waals surface area contributed by atoms with E-state index in [1.165, 1.54) is 13.4 Å². The zero-order chi connectivity index (χ0) is 13.9. The van der Waals surface area contributed by atoms with Gasteiger partial charge in [-0.2, -0.15) is 0 Å². The summed E-state index contributed by atoms with van der Waals surface area (Å²) in [6, 6.07) is 0. The van der Waals surface area contributed by atoms with Crippen LogP contribution in [-0.2, 0) is 4.79 Å². The number of aromatic nitrogens is 2. The normalized spacial score (nSPS) is 17.1. The lowest BCUT2D eigenvalue weighted by atomic mass is 9.86. The lowest BCUT2D eigenvalue weighted by Crippen LogP contribution is -2.35. The molecule has 7 nitrogen and oxygen atoms in total. The van der Waals surface area contributed by atoms with Gasteiger partial charge >= 0.3 is 5.97 Å². The van der Waals surface area contributed by atoms with Crippen molar-refractivity contribution in [2.24, 2.45) is 5.41 Å². The highest BCUT2D eigenvalue weighted by atomic mass is 16.5. The molecule has 0 bridgehead atoms. The summed E-state index contributed by atoms with van der Waals surface area (Å²) in [5.41, 5.74) is -1.16. The molecule has 0 saturated heterocycles. The summed E-state index contributed by atoms with van der Waals surface area (Å²) in [5, 5.41) is 12.3. The van der Waals surface area contributed by atoms with Crippen LogP contribution in [0, 0.1) is 5.41 Å². The molecule has 1 saturated carbocycles. The summed E-state index contributed by atoms with van der Waals surface area (Å²) in [4.78, 5) is 29.3. The molecule has 3 N–H and O–H groups in total. The third kappa shape index (κ3) is 2.54. The van der Waals surface area contributed by atoms with E-state index in [0.29, 0.717) is 12.8 Å². The first kappa shape index (κ1) is 13.4. The molecular weight excluding hydrogens is 250 g/mol. The number of carbonyl (C=O) groups is 1. The molecule has 1 aromatic rings. The SMILES string of the molecule is COc1c(NCC2(C(=O)O)CCCC2)nc[nH]c1=O. The molecule has 0 atom stereocenters. The van der Waals surface area contributed by atoms with Crippen molar-refractivity contribution in [2.45, 2.75) is 25.7 Å². The van der Waals surface area contributed by atoms with Crippen molar-refractivity contribution in [1.82, 2.24) is 9.97 Å². The van der Waals surface area contributed by atoms with Crippen LogP contribution in [0.5, 0.6) is 5.75 Å². The van der Waals surface area contributed by atoms with Crippen LogP contribution in [-0.4, -0.2) is 34.7 Å². The Morgan fingerprint density at radius 3 is 2.84 bits per heavy atom. The van der Waals surface area contributed by atoms with Gasteiger partial charge in [-0.25, -0.2) is 4.98 Å². The molecule has 19 heavy (non-hydrogen) atoms. The predicted octanol–water partition coefficient (Wildman–Crippen LogP) is 0.835. The van der Waals surface area contributed by atoms with Crippen LogP contribution in [0.25, 0.3) is 0 Å². The predicted molar refractivity (Wildman–Crippen MR) is 68.4 cm³/mol. The third-order valence-electron chi connectivity index (χ3n) is 3.62. The quantitative estimate of drug-likeness (QED) is 0.730. The Bertz CT molecular complexity index is 520. The monoisotopic (exact) mass is 267 g/mol. The van der Waals surface area contributed by atoms with Crippen LogP contribution < -0.4 is 15.6 Å². The highest BCUT2D eigenvalue weighted by Crippen LogP contribution is 2.38. The van der Waals surface area contributed by atoms with E-state index in [2.05, 4.69) is 15.3 Å². The second kappa shape index (κ2) is 5.29. The molecule has 104 valence electrons. The fourth-order valence-corrected chi connectivity index (χ4v) is 2.47. The first-order valence-electron chi connectivity index (χ1n) is 6.18. The summed E-state index contributed by atoms with van der Waals surface area (Å²) in [7, 11) is 1.37. The Morgan fingerprint density at radius 2 is 2.26 bits per heavy atom. The molecule has 1 aliphatic rings. The zero-order valence-corrected chi connectivity index (χ0v) is 10.7. The second-order valence-corrected chi connectivity index (χ2v) is 4.76. The van der Waals surface area contributed by atoms with Crippen molar-refractivity contribution < 1.29 is 14.6 Å². The molecule has 1 heterocycles. The molecule has 1 fully saturated rings. The Kier molecular flexibility index (Phi) is 3.73. The minimum absolute atomic E-state index is 0.0704. The molecule has 1 aromatic heterocycles. The fraction of sp³-hybridized carbons (Fsp3) is 0.583. The number of hydrogen-bond donors (Lipinski definition) is 3. The summed E-state index contributed by atoms with van der Waals surface area (Å²) in [5.74, 6) is -0.457. The minimum atomic E-state index is -0.804. The molecule has 0 radical (unpaired) electrons. The first-order chi connectivity index (χ1) is 9.09. The number of H-pyrrole nitrogens is 1. The van der Waals surface area contributed by atoms with Gasteiger partial charge in [-0.05, 0) is 12.8 Å². The summed E-state index contributed by atoms with van der Waals surface area (Å²) in [6.07, 6.45) is 4.36. The lowest BCUT2D eigenvalue weighted by molar-refractivity contribution is -0.147. The van der Waals surface area contributed by atoms with E-state index in [0.717, 1.165) is 12.8 Å². The van der Waals surface area contributed by atoms with Gasteiger partial charge in [0.2, 0.25) is 5.75 Å². The molecule has 0 amide bonds. The van der Waals surface area contributed by atoms with Gasteiger partial charge in [-0.3, -0.25) is 9.59 Å². The number of anilines is 1. The average molecular weight is 267 g/mol. The highest BCUT2D eigenvalue weighted by molar-refractivity contribution is 5.76. The fourth-order valence-electron chi connectivity index (χ4n) is 2.47. The maximum atomic E-state index is 11.5. The van der Waals surface area contributed by atoms with E-state index in [-0.39, 0.29) is 18.1 Å². The van der Waals surface area contributed by atoms with E-state index in [1.54, 1.807) is 0 Å². The van der Waals surface area contributed by atoms with Crippen molar-refractivity contribution in [3.63, 3.8) is 0 Å². The van der Waals surface area contributed by atoms with E-state index in [1.807, 2.05) is 0 Å². The second-order valence-electron chi connectivity index (χ2n) is 4.76. The van der Waals surface area contributed by atoms with E-state index >= 15 is 0 Å². The number of aromatic amines is 1. The van der Waals surface area contributed by atoms with Crippen molar-refractivity contribution >= 4 is 11.8 Å². The van der Waals surface area contributed by atoms with Crippen LogP contribution in [0.2, 0.25) is 0 Å².